The predicted octanol–water partition coefficient (Wildman–Crippen LogP) is 3.42. The molecule has 0 aliphatic rings. The molecule has 0 bridgehead atoms. The molecule has 0 atom stereocenters. The summed E-state index contributed by atoms with van der Waals surface area (Å²) in [5, 5.41) is 11.4. The summed E-state index contributed by atoms with van der Waals surface area (Å²) in [7, 11) is 0. The average molecular weight is 303 g/mol. The van der Waals surface area contributed by atoms with Crippen LogP contribution < -0.4 is 5.63 Å². The highest BCUT2D eigenvalue weighted by molar-refractivity contribution is 6.31. The van der Waals surface area contributed by atoms with E-state index in [4.69, 9.17) is 16.0 Å². The molecule has 0 fully saturated rings. The van der Waals surface area contributed by atoms with Crippen molar-refractivity contribution in [1.29, 1.82) is 0 Å². The first-order valence-corrected chi connectivity index (χ1v) is 6.27. The van der Waals surface area contributed by atoms with Crippen LogP contribution in [0.4, 0.5) is 5.69 Å². The number of nitrogens with zero attached hydrogens (tertiary/aromatic N) is 2. The molecule has 0 saturated carbocycles. The smallest absolute Gasteiger partial charge is 0.347 e. The Morgan fingerprint density at radius 1 is 1.19 bits per heavy atom. The summed E-state index contributed by atoms with van der Waals surface area (Å²) in [5.41, 5.74) is 0.0764. The van der Waals surface area contributed by atoms with Gasteiger partial charge in [0.1, 0.15) is 0 Å². The Morgan fingerprint density at radius 3 is 2.76 bits per heavy atom. The Labute approximate surface area is 122 Å². The van der Waals surface area contributed by atoms with Gasteiger partial charge < -0.3 is 4.42 Å². The first kappa shape index (κ1) is 13.3. The Hall–Kier alpha value is -2.73. The van der Waals surface area contributed by atoms with E-state index in [2.05, 4.69) is 4.98 Å². The number of halogens is 1. The normalized spacial score (nSPS) is 10.7. The lowest BCUT2D eigenvalue weighted by atomic mass is 10.2. The molecule has 0 spiro atoms. The molecule has 104 valence electrons. The highest BCUT2D eigenvalue weighted by Crippen LogP contribution is 2.23. The quantitative estimate of drug-likeness (QED) is 0.535. The summed E-state index contributed by atoms with van der Waals surface area (Å²) in [6.07, 6.45) is 0. The zero-order valence-electron chi connectivity index (χ0n) is 10.4. The predicted molar refractivity (Wildman–Crippen MR) is 77.4 cm³/mol. The van der Waals surface area contributed by atoms with Gasteiger partial charge in [-0.25, -0.2) is 9.78 Å². The van der Waals surface area contributed by atoms with E-state index >= 15 is 0 Å². The second kappa shape index (κ2) is 4.99. The van der Waals surface area contributed by atoms with Gasteiger partial charge in [0, 0.05) is 22.7 Å². The van der Waals surface area contributed by atoms with Gasteiger partial charge in [0.25, 0.3) is 5.69 Å². The highest BCUT2D eigenvalue weighted by Gasteiger charge is 2.12. The molecule has 0 aliphatic heterocycles. The molecule has 0 aliphatic carbocycles. The standard InChI is InChI=1S/C14H7ClN2O4/c15-9-4-5-12-11(7-9)14(18)21-13(16-12)8-2-1-3-10(6-8)17(19)20/h1-7H. The third-order valence-corrected chi connectivity index (χ3v) is 3.13. The summed E-state index contributed by atoms with van der Waals surface area (Å²) in [5.74, 6) is 0.0264. The van der Waals surface area contributed by atoms with Crippen LogP contribution in [0.2, 0.25) is 5.02 Å². The zero-order valence-corrected chi connectivity index (χ0v) is 11.2. The summed E-state index contributed by atoms with van der Waals surface area (Å²) >= 11 is 5.82. The molecule has 1 aromatic heterocycles. The van der Waals surface area contributed by atoms with Crippen LogP contribution in [0.25, 0.3) is 22.4 Å². The Bertz CT molecular complexity index is 920. The lowest BCUT2D eigenvalue weighted by molar-refractivity contribution is -0.384. The van der Waals surface area contributed by atoms with Crippen LogP contribution in [0.15, 0.2) is 51.7 Å². The van der Waals surface area contributed by atoms with E-state index in [1.54, 1.807) is 18.2 Å². The largest absolute Gasteiger partial charge is 0.403 e. The number of rotatable bonds is 2. The average Bonchev–Trinajstić information content (AvgIpc) is 2.48. The topological polar surface area (TPSA) is 86.2 Å². The SMILES string of the molecule is O=c1oc(-c2cccc([N+](=O)[O-])c2)nc2ccc(Cl)cc12. The molecule has 0 saturated heterocycles. The van der Waals surface area contributed by atoms with Crippen molar-refractivity contribution in [2.75, 3.05) is 0 Å². The molecule has 2 aromatic carbocycles. The highest BCUT2D eigenvalue weighted by atomic mass is 35.5. The Morgan fingerprint density at radius 2 is 2.00 bits per heavy atom. The maximum Gasteiger partial charge on any atom is 0.347 e. The van der Waals surface area contributed by atoms with E-state index in [9.17, 15) is 14.9 Å². The van der Waals surface area contributed by atoms with Gasteiger partial charge in [-0.3, -0.25) is 10.1 Å². The molecule has 3 rings (SSSR count). The van der Waals surface area contributed by atoms with Gasteiger partial charge in [0.15, 0.2) is 0 Å². The van der Waals surface area contributed by atoms with Gasteiger partial charge in [-0.05, 0) is 24.3 Å². The number of nitro benzene ring substituents is 1. The molecule has 3 aromatic rings. The fourth-order valence-electron chi connectivity index (χ4n) is 1.92. The zero-order chi connectivity index (χ0) is 15.0. The van der Waals surface area contributed by atoms with E-state index in [0.717, 1.165) is 0 Å². The second-order valence-electron chi connectivity index (χ2n) is 4.28. The van der Waals surface area contributed by atoms with Gasteiger partial charge in [0.05, 0.1) is 15.8 Å². The minimum Gasteiger partial charge on any atom is -0.403 e. The lowest BCUT2D eigenvalue weighted by Crippen LogP contribution is -2.03. The fourth-order valence-corrected chi connectivity index (χ4v) is 2.09. The van der Waals surface area contributed by atoms with Crippen molar-refractivity contribution in [2.24, 2.45) is 0 Å². The molecule has 0 N–H and O–H groups in total. The first-order valence-electron chi connectivity index (χ1n) is 5.90. The maximum absolute atomic E-state index is 11.9. The molecular formula is C14H7ClN2O4. The van der Waals surface area contributed by atoms with Gasteiger partial charge in [-0.2, -0.15) is 0 Å². The third-order valence-electron chi connectivity index (χ3n) is 2.89. The van der Waals surface area contributed by atoms with Crippen molar-refractivity contribution in [3.05, 3.63) is 68.0 Å². The van der Waals surface area contributed by atoms with Gasteiger partial charge >= 0.3 is 5.63 Å². The van der Waals surface area contributed by atoms with Crippen LogP contribution in [-0.4, -0.2) is 9.91 Å². The van der Waals surface area contributed by atoms with Crippen LogP contribution in [0.5, 0.6) is 0 Å². The molecule has 6 nitrogen and oxygen atoms in total. The number of nitro groups is 1. The first-order chi connectivity index (χ1) is 10.0. The Balaban J connectivity index is 2.22. The third kappa shape index (κ3) is 2.48. The van der Waals surface area contributed by atoms with Crippen LogP contribution in [0.3, 0.4) is 0 Å². The van der Waals surface area contributed by atoms with Crippen LogP contribution in [0.1, 0.15) is 0 Å². The second-order valence-corrected chi connectivity index (χ2v) is 4.71. The molecule has 0 amide bonds. The minimum atomic E-state index is -0.594. The number of non-ortho nitro benzene ring substituents is 1. The molecule has 1 heterocycles. The monoisotopic (exact) mass is 302 g/mol. The molecule has 0 unspecified atom stereocenters. The number of hydrogen-bond acceptors (Lipinski definition) is 5. The van der Waals surface area contributed by atoms with E-state index in [-0.39, 0.29) is 17.0 Å². The van der Waals surface area contributed by atoms with Crippen molar-refractivity contribution in [2.45, 2.75) is 0 Å². The van der Waals surface area contributed by atoms with Crippen molar-refractivity contribution in [3.8, 4) is 11.5 Å². The summed E-state index contributed by atoms with van der Waals surface area (Å²) in [4.78, 5) is 26.4. The number of fused-ring (bicyclic) bond motifs is 1. The number of aromatic nitrogens is 1. The van der Waals surface area contributed by atoms with Gasteiger partial charge in [0.2, 0.25) is 5.89 Å². The van der Waals surface area contributed by atoms with Crippen molar-refractivity contribution < 1.29 is 9.34 Å². The molecule has 0 radical (unpaired) electrons. The van der Waals surface area contributed by atoms with Gasteiger partial charge in [-0.15, -0.1) is 0 Å². The fraction of sp³-hybridized carbons (Fsp3) is 0. The van der Waals surface area contributed by atoms with Crippen LogP contribution >= 0.6 is 11.6 Å². The number of benzene rings is 2. The molecule has 21 heavy (non-hydrogen) atoms. The van der Waals surface area contributed by atoms with Crippen molar-refractivity contribution in [1.82, 2.24) is 4.98 Å². The molecule has 7 heteroatoms. The van der Waals surface area contributed by atoms with E-state index < -0.39 is 10.5 Å². The van der Waals surface area contributed by atoms with E-state index in [1.807, 2.05) is 0 Å². The Kier molecular flexibility index (Phi) is 3.15. The lowest BCUT2D eigenvalue weighted by Gasteiger charge is -2.02. The summed E-state index contributed by atoms with van der Waals surface area (Å²) in [6, 6.07) is 10.4. The van der Waals surface area contributed by atoms with Crippen molar-refractivity contribution >= 4 is 28.2 Å². The van der Waals surface area contributed by atoms with Gasteiger partial charge in [-0.1, -0.05) is 17.7 Å². The minimum absolute atomic E-state index is 0.0264. The number of hydrogen-bond donors (Lipinski definition) is 0. The molecular weight excluding hydrogens is 296 g/mol. The van der Waals surface area contributed by atoms with E-state index in [0.29, 0.717) is 16.1 Å². The van der Waals surface area contributed by atoms with Crippen molar-refractivity contribution in [3.63, 3.8) is 0 Å². The van der Waals surface area contributed by atoms with E-state index in [1.165, 1.54) is 24.3 Å². The summed E-state index contributed by atoms with van der Waals surface area (Å²) in [6.45, 7) is 0. The van der Waals surface area contributed by atoms with Crippen LogP contribution in [0, 0.1) is 10.1 Å². The van der Waals surface area contributed by atoms with Crippen LogP contribution in [-0.2, 0) is 0 Å². The summed E-state index contributed by atoms with van der Waals surface area (Å²) < 4.78 is 5.12. The maximum atomic E-state index is 11.9.